The van der Waals surface area contributed by atoms with Gasteiger partial charge in [-0.3, -0.25) is 4.79 Å². The predicted molar refractivity (Wildman–Crippen MR) is 79.2 cm³/mol. The number of benzene rings is 1. The first-order valence-electron chi connectivity index (χ1n) is 8.00. The molecular formula is C17H21NO4. The lowest BCUT2D eigenvalue weighted by molar-refractivity contribution is -0.123. The zero-order valence-electron chi connectivity index (χ0n) is 12.4. The molecule has 1 N–H and O–H groups in total. The van der Waals surface area contributed by atoms with E-state index >= 15 is 0 Å². The van der Waals surface area contributed by atoms with Crippen molar-refractivity contribution in [1.82, 2.24) is 5.32 Å². The minimum Gasteiger partial charge on any atom is -0.370 e. The smallest absolute Gasteiger partial charge is 0.223 e. The maximum Gasteiger partial charge on any atom is 0.223 e. The van der Waals surface area contributed by atoms with Crippen molar-refractivity contribution in [2.45, 2.75) is 43.8 Å². The Labute approximate surface area is 129 Å². The predicted octanol–water partition coefficient (Wildman–Crippen LogP) is 1.26. The number of carbonyl (C=O) groups is 1. The van der Waals surface area contributed by atoms with Gasteiger partial charge in [-0.2, -0.15) is 0 Å². The van der Waals surface area contributed by atoms with Crippen LogP contribution < -0.4 is 5.32 Å². The molecule has 118 valence electrons. The molecule has 1 amide bonds. The molecule has 0 bridgehead atoms. The van der Waals surface area contributed by atoms with Gasteiger partial charge in [0.2, 0.25) is 5.91 Å². The molecule has 2 aliphatic heterocycles. The van der Waals surface area contributed by atoms with Gasteiger partial charge in [0.1, 0.15) is 18.3 Å². The highest BCUT2D eigenvalue weighted by Crippen LogP contribution is 2.32. The van der Waals surface area contributed by atoms with Crippen molar-refractivity contribution in [1.29, 1.82) is 0 Å². The van der Waals surface area contributed by atoms with Crippen molar-refractivity contribution < 1.29 is 19.0 Å². The molecule has 2 saturated heterocycles. The van der Waals surface area contributed by atoms with E-state index in [1.165, 1.54) is 0 Å². The third kappa shape index (κ3) is 2.89. The third-order valence-electron chi connectivity index (χ3n) is 4.59. The molecule has 3 fully saturated rings. The molecule has 5 nitrogen and oxygen atoms in total. The van der Waals surface area contributed by atoms with Crippen molar-refractivity contribution in [2.24, 2.45) is 5.92 Å². The Kier molecular flexibility index (Phi) is 3.86. The topological polar surface area (TPSA) is 56.8 Å². The van der Waals surface area contributed by atoms with Crippen LogP contribution in [0.25, 0.3) is 0 Å². The number of hydrogen-bond acceptors (Lipinski definition) is 4. The fourth-order valence-electron chi connectivity index (χ4n) is 3.15. The van der Waals surface area contributed by atoms with E-state index in [1.54, 1.807) is 0 Å². The molecule has 4 atom stereocenters. The van der Waals surface area contributed by atoms with Gasteiger partial charge in [0.05, 0.1) is 25.9 Å². The quantitative estimate of drug-likeness (QED) is 0.890. The standard InChI is InChI=1S/C17H21NO4/c19-17(12-6-7-12)18-13-9-21-16-14(10-22-15(13)16)20-8-11-4-2-1-3-5-11/h1-5,12-16H,6-10H2,(H,18,19)/t13-,14+,15+,16+/m0/s1. The average Bonchev–Trinajstić information content (AvgIpc) is 3.21. The molecule has 1 aromatic carbocycles. The highest BCUT2D eigenvalue weighted by molar-refractivity contribution is 5.81. The van der Waals surface area contributed by atoms with E-state index in [0.717, 1.165) is 18.4 Å². The van der Waals surface area contributed by atoms with Crippen LogP contribution in [0.3, 0.4) is 0 Å². The van der Waals surface area contributed by atoms with Gasteiger partial charge in [0, 0.05) is 5.92 Å². The fraction of sp³-hybridized carbons (Fsp3) is 0.588. The van der Waals surface area contributed by atoms with Crippen LogP contribution >= 0.6 is 0 Å². The molecule has 22 heavy (non-hydrogen) atoms. The van der Waals surface area contributed by atoms with E-state index < -0.39 is 0 Å². The van der Waals surface area contributed by atoms with Crippen LogP contribution in [0, 0.1) is 5.92 Å². The van der Waals surface area contributed by atoms with Crippen molar-refractivity contribution >= 4 is 5.91 Å². The van der Waals surface area contributed by atoms with Crippen molar-refractivity contribution in [2.75, 3.05) is 13.2 Å². The largest absolute Gasteiger partial charge is 0.370 e. The van der Waals surface area contributed by atoms with Gasteiger partial charge in [-0.15, -0.1) is 0 Å². The van der Waals surface area contributed by atoms with Crippen LogP contribution in [0.2, 0.25) is 0 Å². The van der Waals surface area contributed by atoms with E-state index in [4.69, 9.17) is 14.2 Å². The van der Waals surface area contributed by atoms with E-state index in [1.807, 2.05) is 30.3 Å². The molecule has 0 radical (unpaired) electrons. The summed E-state index contributed by atoms with van der Waals surface area (Å²) in [6.45, 7) is 1.59. The first-order valence-corrected chi connectivity index (χ1v) is 8.00. The molecule has 4 rings (SSSR count). The monoisotopic (exact) mass is 303 g/mol. The summed E-state index contributed by atoms with van der Waals surface area (Å²) in [4.78, 5) is 11.9. The fourth-order valence-corrected chi connectivity index (χ4v) is 3.15. The van der Waals surface area contributed by atoms with Crippen LogP contribution in [0.5, 0.6) is 0 Å². The zero-order valence-corrected chi connectivity index (χ0v) is 12.4. The third-order valence-corrected chi connectivity index (χ3v) is 4.59. The van der Waals surface area contributed by atoms with Gasteiger partial charge >= 0.3 is 0 Å². The average molecular weight is 303 g/mol. The van der Waals surface area contributed by atoms with Crippen molar-refractivity contribution in [3.8, 4) is 0 Å². The highest BCUT2D eigenvalue weighted by Gasteiger charge is 2.49. The van der Waals surface area contributed by atoms with Crippen LogP contribution in [-0.2, 0) is 25.6 Å². The summed E-state index contributed by atoms with van der Waals surface area (Å²) in [7, 11) is 0. The zero-order chi connectivity index (χ0) is 14.9. The van der Waals surface area contributed by atoms with Crippen LogP contribution in [0.4, 0.5) is 0 Å². The maximum absolute atomic E-state index is 11.9. The summed E-state index contributed by atoms with van der Waals surface area (Å²) in [5.41, 5.74) is 1.14. The first-order chi connectivity index (χ1) is 10.8. The normalized spacial score (nSPS) is 33.6. The van der Waals surface area contributed by atoms with Gasteiger partial charge in [0.25, 0.3) is 0 Å². The number of fused-ring (bicyclic) bond motifs is 1. The highest BCUT2D eigenvalue weighted by atomic mass is 16.6. The van der Waals surface area contributed by atoms with Gasteiger partial charge in [-0.05, 0) is 18.4 Å². The number of carbonyl (C=O) groups excluding carboxylic acids is 1. The number of amides is 1. The summed E-state index contributed by atoms with van der Waals surface area (Å²) in [5.74, 6) is 0.358. The summed E-state index contributed by atoms with van der Waals surface area (Å²) in [6, 6.07) is 10.0. The van der Waals surface area contributed by atoms with Crippen LogP contribution in [0.15, 0.2) is 30.3 Å². The molecule has 1 aliphatic carbocycles. The van der Waals surface area contributed by atoms with Gasteiger partial charge in [-0.1, -0.05) is 30.3 Å². The maximum atomic E-state index is 11.9. The van der Waals surface area contributed by atoms with Gasteiger partial charge in [-0.25, -0.2) is 0 Å². The molecule has 3 aliphatic rings. The number of hydrogen-bond donors (Lipinski definition) is 1. The van der Waals surface area contributed by atoms with Gasteiger partial charge in [0.15, 0.2) is 0 Å². The minimum atomic E-state index is -0.0801. The number of ether oxygens (including phenoxy) is 3. The summed E-state index contributed by atoms with van der Waals surface area (Å²) >= 11 is 0. The molecule has 0 spiro atoms. The molecule has 2 heterocycles. The number of nitrogens with one attached hydrogen (secondary N) is 1. The van der Waals surface area contributed by atoms with E-state index in [-0.39, 0.29) is 36.2 Å². The molecule has 1 aromatic rings. The van der Waals surface area contributed by atoms with Crippen molar-refractivity contribution in [3.05, 3.63) is 35.9 Å². The molecular weight excluding hydrogens is 282 g/mol. The Balaban J connectivity index is 1.31. The van der Waals surface area contributed by atoms with Crippen LogP contribution in [0.1, 0.15) is 18.4 Å². The SMILES string of the molecule is O=C(N[C@H]1CO[C@H]2[C@@H]1OC[C@H]2OCc1ccccc1)C1CC1. The lowest BCUT2D eigenvalue weighted by atomic mass is 10.1. The van der Waals surface area contributed by atoms with Crippen LogP contribution in [-0.4, -0.2) is 43.5 Å². The Hall–Kier alpha value is -1.43. The number of rotatable bonds is 5. The second kappa shape index (κ2) is 5.99. The molecule has 1 saturated carbocycles. The first kappa shape index (κ1) is 14.2. The second-order valence-corrected chi connectivity index (χ2v) is 6.32. The van der Waals surface area contributed by atoms with E-state index in [0.29, 0.717) is 19.8 Å². The second-order valence-electron chi connectivity index (χ2n) is 6.32. The minimum absolute atomic E-state index is 0.0385. The molecule has 5 heteroatoms. The van der Waals surface area contributed by atoms with Crippen molar-refractivity contribution in [3.63, 3.8) is 0 Å². The van der Waals surface area contributed by atoms with E-state index in [9.17, 15) is 4.79 Å². The Bertz CT molecular complexity index is 531. The summed E-state index contributed by atoms with van der Waals surface area (Å²) < 4.78 is 17.6. The lowest BCUT2D eigenvalue weighted by Gasteiger charge is -2.18. The van der Waals surface area contributed by atoms with E-state index in [2.05, 4.69) is 5.32 Å². The molecule has 0 unspecified atom stereocenters. The Morgan fingerprint density at radius 2 is 1.91 bits per heavy atom. The van der Waals surface area contributed by atoms with Gasteiger partial charge < -0.3 is 19.5 Å². The summed E-state index contributed by atoms with van der Waals surface area (Å²) in [5, 5.41) is 3.06. The summed E-state index contributed by atoms with van der Waals surface area (Å²) in [6.07, 6.45) is 1.80. The Morgan fingerprint density at radius 3 is 2.68 bits per heavy atom. The molecule has 0 aromatic heterocycles. The Morgan fingerprint density at radius 1 is 1.14 bits per heavy atom. The lowest BCUT2D eigenvalue weighted by Crippen LogP contribution is -2.45.